The number of carbonyl (C=O) groups excluding carboxylic acids is 4. The lowest BCUT2D eigenvalue weighted by atomic mass is 10.0. The highest BCUT2D eigenvalue weighted by atomic mass is 16.4. The van der Waals surface area contributed by atoms with E-state index in [0.717, 1.165) is 12.0 Å². The Kier molecular flexibility index (Phi) is 12.0. The van der Waals surface area contributed by atoms with Crippen molar-refractivity contribution in [3.8, 4) is 0 Å². The molecule has 14 heteroatoms. The summed E-state index contributed by atoms with van der Waals surface area (Å²) in [4.78, 5) is 65.7. The predicted molar refractivity (Wildman–Crippen MR) is 138 cm³/mol. The number of aliphatic imine (C=N–C) groups is 1. The lowest BCUT2D eigenvalue weighted by Gasteiger charge is -2.25. The van der Waals surface area contributed by atoms with E-state index in [4.69, 9.17) is 17.2 Å². The van der Waals surface area contributed by atoms with Gasteiger partial charge in [0.1, 0.15) is 18.1 Å². The number of hydrogen-bond donors (Lipinski definition) is 8. The fourth-order valence-electron chi connectivity index (χ4n) is 3.96. The molecule has 1 aromatic carbocycles. The molecule has 0 radical (unpaired) electrons. The first-order valence-electron chi connectivity index (χ1n) is 12.3. The molecular weight excluding hydrogens is 496 g/mol. The van der Waals surface area contributed by atoms with E-state index in [1.165, 1.54) is 0 Å². The number of guanidine groups is 1. The van der Waals surface area contributed by atoms with Gasteiger partial charge in [0, 0.05) is 13.0 Å². The number of primary amides is 1. The van der Waals surface area contributed by atoms with E-state index in [1.54, 1.807) is 24.3 Å². The summed E-state index contributed by atoms with van der Waals surface area (Å²) in [5, 5.41) is 20.1. The first kappa shape index (κ1) is 30.0. The summed E-state index contributed by atoms with van der Waals surface area (Å²) in [5.74, 6) is -4.32. The Bertz CT molecular complexity index is 1010. The maximum absolute atomic E-state index is 13.4. The lowest BCUT2D eigenvalue weighted by molar-refractivity contribution is -0.143. The van der Waals surface area contributed by atoms with Crippen LogP contribution in [-0.4, -0.2) is 77.9 Å². The minimum atomic E-state index is -1.58. The topological polar surface area (TPSA) is 244 Å². The van der Waals surface area contributed by atoms with Gasteiger partial charge in [0.15, 0.2) is 5.96 Å². The molecule has 1 heterocycles. The van der Waals surface area contributed by atoms with Gasteiger partial charge < -0.3 is 43.6 Å². The molecule has 2 rings (SSSR count). The monoisotopic (exact) mass is 532 g/mol. The van der Waals surface area contributed by atoms with Crippen LogP contribution in [0.5, 0.6) is 0 Å². The summed E-state index contributed by atoms with van der Waals surface area (Å²) in [7, 11) is 0. The van der Waals surface area contributed by atoms with Crippen LogP contribution in [-0.2, 0) is 30.4 Å². The number of carbonyl (C=O) groups is 5. The van der Waals surface area contributed by atoms with Gasteiger partial charge in [-0.25, -0.2) is 4.79 Å². The summed E-state index contributed by atoms with van der Waals surface area (Å²) in [5.41, 5.74) is 16.5. The van der Waals surface area contributed by atoms with E-state index >= 15 is 0 Å². The highest BCUT2D eigenvalue weighted by molar-refractivity contribution is 5.95. The van der Waals surface area contributed by atoms with Crippen molar-refractivity contribution in [2.24, 2.45) is 22.2 Å². The van der Waals surface area contributed by atoms with Gasteiger partial charge in [-0.15, -0.1) is 0 Å². The zero-order valence-corrected chi connectivity index (χ0v) is 21.0. The average molecular weight is 533 g/mol. The average Bonchev–Trinajstić information content (AvgIpc) is 3.40. The number of aliphatic carboxylic acids is 1. The summed E-state index contributed by atoms with van der Waals surface area (Å²) in [6.07, 6.45) is 1.32. The van der Waals surface area contributed by atoms with Gasteiger partial charge in [-0.3, -0.25) is 24.2 Å². The smallest absolute Gasteiger partial charge is 0.326 e. The summed E-state index contributed by atoms with van der Waals surface area (Å²) >= 11 is 0. The number of nitrogens with zero attached hydrogens (tertiary/aromatic N) is 1. The van der Waals surface area contributed by atoms with E-state index in [9.17, 15) is 29.1 Å². The van der Waals surface area contributed by atoms with Crippen LogP contribution in [0.15, 0.2) is 35.3 Å². The van der Waals surface area contributed by atoms with Crippen molar-refractivity contribution in [2.45, 2.75) is 62.7 Å². The second kappa shape index (κ2) is 15.1. The predicted octanol–water partition coefficient (Wildman–Crippen LogP) is -2.55. The molecule has 4 atom stereocenters. The Balaban J connectivity index is 2.20. The molecule has 208 valence electrons. The second-order valence-corrected chi connectivity index (χ2v) is 8.98. The molecule has 0 aliphatic carbocycles. The molecule has 0 saturated carbocycles. The fourth-order valence-corrected chi connectivity index (χ4v) is 3.96. The molecule has 4 unspecified atom stereocenters. The van der Waals surface area contributed by atoms with Crippen LogP contribution in [0.2, 0.25) is 0 Å². The van der Waals surface area contributed by atoms with Crippen LogP contribution in [0.4, 0.5) is 0 Å². The van der Waals surface area contributed by atoms with Gasteiger partial charge in [0.2, 0.25) is 23.6 Å². The summed E-state index contributed by atoms with van der Waals surface area (Å²) < 4.78 is 0. The van der Waals surface area contributed by atoms with Gasteiger partial charge in [-0.05, 0) is 37.8 Å². The van der Waals surface area contributed by atoms with Crippen LogP contribution in [0.25, 0.3) is 0 Å². The highest BCUT2D eigenvalue weighted by Gasteiger charge is 2.31. The molecule has 1 fully saturated rings. The van der Waals surface area contributed by atoms with Crippen molar-refractivity contribution in [3.05, 3.63) is 35.9 Å². The van der Waals surface area contributed by atoms with Crippen molar-refractivity contribution in [3.63, 3.8) is 0 Å². The Morgan fingerprint density at radius 3 is 2.21 bits per heavy atom. The molecule has 0 aromatic heterocycles. The zero-order chi connectivity index (χ0) is 28.1. The summed E-state index contributed by atoms with van der Waals surface area (Å²) in [6, 6.07) is 4.82. The molecule has 0 spiro atoms. The molecule has 1 aliphatic heterocycles. The van der Waals surface area contributed by atoms with Crippen molar-refractivity contribution < 1.29 is 29.1 Å². The molecule has 1 aliphatic rings. The Morgan fingerprint density at radius 2 is 1.63 bits per heavy atom. The van der Waals surface area contributed by atoms with Gasteiger partial charge >= 0.3 is 5.97 Å². The number of nitrogens with two attached hydrogens (primary N) is 3. The minimum absolute atomic E-state index is 0.0491. The Morgan fingerprint density at radius 1 is 0.974 bits per heavy atom. The van der Waals surface area contributed by atoms with Gasteiger partial charge in [0.25, 0.3) is 0 Å². The number of hydrogen-bond acceptors (Lipinski definition) is 7. The van der Waals surface area contributed by atoms with Crippen molar-refractivity contribution in [1.82, 2.24) is 21.3 Å². The van der Waals surface area contributed by atoms with Crippen LogP contribution in [0.1, 0.15) is 37.7 Å². The first-order chi connectivity index (χ1) is 18.1. The quantitative estimate of drug-likeness (QED) is 0.0672. The molecule has 38 heavy (non-hydrogen) atoms. The fraction of sp³-hybridized carbons (Fsp3) is 0.500. The molecule has 1 aromatic rings. The van der Waals surface area contributed by atoms with Crippen LogP contribution < -0.4 is 38.5 Å². The van der Waals surface area contributed by atoms with Crippen molar-refractivity contribution in [1.29, 1.82) is 0 Å². The number of nitrogens with one attached hydrogen (secondary N) is 4. The van der Waals surface area contributed by atoms with E-state index in [2.05, 4.69) is 26.3 Å². The first-order valence-corrected chi connectivity index (χ1v) is 12.3. The van der Waals surface area contributed by atoms with Crippen LogP contribution in [0, 0.1) is 0 Å². The third-order valence-corrected chi connectivity index (χ3v) is 5.89. The van der Waals surface area contributed by atoms with E-state index in [-0.39, 0.29) is 37.7 Å². The maximum Gasteiger partial charge on any atom is 0.326 e. The van der Waals surface area contributed by atoms with Gasteiger partial charge in [-0.1, -0.05) is 30.3 Å². The largest absolute Gasteiger partial charge is 0.480 e. The van der Waals surface area contributed by atoms with Crippen LogP contribution in [0.3, 0.4) is 0 Å². The number of amides is 4. The Hall–Kier alpha value is -4.20. The van der Waals surface area contributed by atoms with Gasteiger partial charge in [-0.2, -0.15) is 0 Å². The standard InChI is InChI=1S/C24H36N8O6/c25-19(33)13-18(23(37)38)32-21(35)16(9-5-11-29-24(26)27)30-22(36)17(12-14-6-2-1-3-7-14)31-20(34)15-8-4-10-28-15/h1-3,6-7,15-18,28H,4-5,8-13H2,(H2,25,33)(H,30,36)(H,31,34)(H,32,35)(H,37,38)(H4,26,27,29). The van der Waals surface area contributed by atoms with E-state index < -0.39 is 54.3 Å². The second-order valence-electron chi connectivity index (χ2n) is 8.98. The minimum Gasteiger partial charge on any atom is -0.480 e. The SMILES string of the molecule is NC(=O)CC(NC(=O)C(CCCN=C(N)N)NC(=O)C(Cc1ccccc1)NC(=O)C1CCCN1)C(=O)O. The van der Waals surface area contributed by atoms with Crippen molar-refractivity contribution in [2.75, 3.05) is 13.1 Å². The van der Waals surface area contributed by atoms with Gasteiger partial charge in [0.05, 0.1) is 12.5 Å². The number of benzene rings is 1. The number of rotatable bonds is 15. The molecule has 4 amide bonds. The lowest BCUT2D eigenvalue weighted by Crippen LogP contribution is -2.57. The number of carboxylic acids is 1. The highest BCUT2D eigenvalue weighted by Crippen LogP contribution is 2.09. The van der Waals surface area contributed by atoms with Crippen LogP contribution >= 0.6 is 0 Å². The normalized spacial score (nSPS) is 16.9. The molecule has 0 bridgehead atoms. The molecule has 11 N–H and O–H groups in total. The third-order valence-electron chi connectivity index (χ3n) is 5.89. The molecular formula is C24H36N8O6. The van der Waals surface area contributed by atoms with E-state index in [0.29, 0.717) is 13.0 Å². The van der Waals surface area contributed by atoms with Crippen molar-refractivity contribution >= 4 is 35.6 Å². The zero-order valence-electron chi connectivity index (χ0n) is 21.0. The molecule has 14 nitrogen and oxygen atoms in total. The maximum atomic E-state index is 13.4. The third kappa shape index (κ3) is 10.4. The van der Waals surface area contributed by atoms with E-state index in [1.807, 2.05) is 6.07 Å². The molecule has 1 saturated heterocycles. The Labute approximate surface area is 220 Å². The number of carboxylic acid groups (broad SMARTS) is 1. The summed E-state index contributed by atoms with van der Waals surface area (Å²) in [6.45, 7) is 0.852.